The Labute approximate surface area is 126 Å². The van der Waals surface area contributed by atoms with Gasteiger partial charge in [-0.1, -0.05) is 0 Å². The van der Waals surface area contributed by atoms with Crippen LogP contribution in [0.15, 0.2) is 28.7 Å². The summed E-state index contributed by atoms with van der Waals surface area (Å²) in [6.07, 6.45) is 4.78. The van der Waals surface area contributed by atoms with Crippen molar-refractivity contribution >= 4 is 27.1 Å². The molecule has 2 rings (SSSR count). The maximum Gasteiger partial charge on any atom is 0.281 e. The van der Waals surface area contributed by atoms with Gasteiger partial charge in [-0.3, -0.25) is 19.7 Å². The van der Waals surface area contributed by atoms with E-state index in [0.29, 0.717) is 12.8 Å². The minimum Gasteiger partial charge on any atom is -0.294 e. The fourth-order valence-electron chi connectivity index (χ4n) is 2.11. The third kappa shape index (κ3) is 3.11. The fraction of sp³-hybridized carbons (Fsp3) is 0.286. The second-order valence-corrected chi connectivity index (χ2v) is 6.88. The maximum atomic E-state index is 12.3. The number of carbonyl (C=O) groups excluding carboxylic acids is 2. The molecule has 0 amide bonds. The summed E-state index contributed by atoms with van der Waals surface area (Å²) in [5.74, 6) is -1.20. The van der Waals surface area contributed by atoms with Gasteiger partial charge in [0.15, 0.2) is 15.6 Å². The number of hydrogen-bond acceptors (Lipinski definition) is 6. The van der Waals surface area contributed by atoms with Crippen molar-refractivity contribution in [2.75, 3.05) is 6.26 Å². The molecule has 0 saturated heterocycles. The summed E-state index contributed by atoms with van der Waals surface area (Å²) in [6.45, 7) is 0. The lowest BCUT2D eigenvalue weighted by molar-refractivity contribution is -0.385. The number of rotatable bonds is 4. The van der Waals surface area contributed by atoms with Gasteiger partial charge in [0, 0.05) is 18.7 Å². The molecule has 1 radical (unpaired) electrons. The first-order valence-corrected chi connectivity index (χ1v) is 8.28. The first-order valence-electron chi connectivity index (χ1n) is 6.39. The zero-order valence-electron chi connectivity index (χ0n) is 11.7. The summed E-state index contributed by atoms with van der Waals surface area (Å²) < 4.78 is 22.9. The highest BCUT2D eigenvalue weighted by molar-refractivity contribution is 7.90. The molecule has 0 fully saturated rings. The Hall–Kier alpha value is -2.35. The molecule has 1 aliphatic rings. The predicted molar refractivity (Wildman–Crippen MR) is 76.2 cm³/mol. The maximum absolute atomic E-state index is 12.3. The first kappa shape index (κ1) is 16.0. The third-order valence-corrected chi connectivity index (χ3v) is 4.34. The molecule has 22 heavy (non-hydrogen) atoms. The van der Waals surface area contributed by atoms with Gasteiger partial charge >= 0.3 is 0 Å². The molecule has 8 heteroatoms. The van der Waals surface area contributed by atoms with Gasteiger partial charge in [-0.05, 0) is 31.1 Å². The van der Waals surface area contributed by atoms with Crippen LogP contribution in [0.1, 0.15) is 29.6 Å². The predicted octanol–water partition coefficient (Wildman–Crippen LogP) is 1.66. The van der Waals surface area contributed by atoms with E-state index < -0.39 is 32.0 Å². The zero-order chi connectivity index (χ0) is 16.5. The average molecular weight is 322 g/mol. The number of nitro benzene ring substituents is 1. The van der Waals surface area contributed by atoms with Gasteiger partial charge < -0.3 is 0 Å². The Kier molecular flexibility index (Phi) is 4.23. The Bertz CT molecular complexity index is 807. The van der Waals surface area contributed by atoms with Crippen molar-refractivity contribution < 1.29 is 22.9 Å². The van der Waals surface area contributed by atoms with Crippen LogP contribution in [-0.4, -0.2) is 31.2 Å². The Morgan fingerprint density at radius 1 is 1.36 bits per heavy atom. The molecule has 0 N–H and O–H groups in total. The summed E-state index contributed by atoms with van der Waals surface area (Å²) in [5, 5.41) is 11.1. The van der Waals surface area contributed by atoms with Gasteiger partial charge in [0.25, 0.3) is 5.69 Å². The molecule has 0 bridgehead atoms. The van der Waals surface area contributed by atoms with Crippen molar-refractivity contribution in [1.29, 1.82) is 0 Å². The van der Waals surface area contributed by atoms with Gasteiger partial charge in [-0.15, -0.1) is 0 Å². The van der Waals surface area contributed by atoms with Crippen LogP contribution < -0.4 is 0 Å². The number of allylic oxidation sites excluding steroid dienone is 2. The molecule has 0 aromatic heterocycles. The number of carbonyl (C=O) groups is 2. The largest absolute Gasteiger partial charge is 0.294 e. The van der Waals surface area contributed by atoms with E-state index in [1.165, 1.54) is 0 Å². The van der Waals surface area contributed by atoms with Crippen LogP contribution in [0.4, 0.5) is 5.69 Å². The SMILES string of the molecule is CS(=O)(=O)c1ccc(C(=O)C2=[C]CCCC2=O)c([N+](=O)[O-])c1. The molecule has 0 spiro atoms. The summed E-state index contributed by atoms with van der Waals surface area (Å²) in [5.41, 5.74) is -1.14. The van der Waals surface area contributed by atoms with Gasteiger partial charge in [0.2, 0.25) is 5.78 Å². The van der Waals surface area contributed by atoms with E-state index in [2.05, 4.69) is 6.08 Å². The van der Waals surface area contributed by atoms with E-state index in [1.807, 2.05) is 0 Å². The van der Waals surface area contributed by atoms with E-state index in [1.54, 1.807) is 0 Å². The van der Waals surface area contributed by atoms with E-state index in [-0.39, 0.29) is 22.5 Å². The number of nitro groups is 1. The molecule has 0 atom stereocenters. The zero-order valence-corrected chi connectivity index (χ0v) is 12.5. The van der Waals surface area contributed by atoms with Crippen molar-refractivity contribution in [1.82, 2.24) is 0 Å². The number of sulfone groups is 1. The van der Waals surface area contributed by atoms with E-state index >= 15 is 0 Å². The number of benzene rings is 1. The van der Waals surface area contributed by atoms with E-state index in [9.17, 15) is 28.1 Å². The van der Waals surface area contributed by atoms with Crippen LogP contribution in [0.3, 0.4) is 0 Å². The van der Waals surface area contributed by atoms with Crippen LogP contribution in [-0.2, 0) is 14.6 Å². The summed E-state index contributed by atoms with van der Waals surface area (Å²) in [6, 6.07) is 3.01. The number of hydrogen-bond donors (Lipinski definition) is 0. The molecule has 1 aromatic rings. The van der Waals surface area contributed by atoms with Crippen molar-refractivity contribution in [3.05, 3.63) is 45.5 Å². The highest BCUT2D eigenvalue weighted by Crippen LogP contribution is 2.27. The van der Waals surface area contributed by atoms with Crippen LogP contribution in [0.5, 0.6) is 0 Å². The van der Waals surface area contributed by atoms with Gasteiger partial charge in [0.1, 0.15) is 5.56 Å². The van der Waals surface area contributed by atoms with Gasteiger partial charge in [-0.25, -0.2) is 8.42 Å². The average Bonchev–Trinajstić information content (AvgIpc) is 2.45. The van der Waals surface area contributed by atoms with Crippen LogP contribution in [0.2, 0.25) is 0 Å². The lowest BCUT2D eigenvalue weighted by Gasteiger charge is -2.10. The number of Topliss-reactive ketones (excluding diaryl/α,β-unsaturated/α-hetero) is 2. The molecule has 0 unspecified atom stereocenters. The summed E-state index contributed by atoms with van der Waals surface area (Å²) in [4.78, 5) is 34.1. The Morgan fingerprint density at radius 3 is 2.59 bits per heavy atom. The summed E-state index contributed by atoms with van der Waals surface area (Å²) >= 11 is 0. The Morgan fingerprint density at radius 2 is 2.05 bits per heavy atom. The van der Waals surface area contributed by atoms with Crippen molar-refractivity contribution in [3.8, 4) is 0 Å². The molecule has 0 heterocycles. The van der Waals surface area contributed by atoms with Crippen molar-refractivity contribution in [2.24, 2.45) is 0 Å². The van der Waals surface area contributed by atoms with Crippen molar-refractivity contribution in [3.63, 3.8) is 0 Å². The number of ketones is 2. The molecule has 7 nitrogen and oxygen atoms in total. The highest BCUT2D eigenvalue weighted by Gasteiger charge is 2.29. The standard InChI is InChI=1S/C14H12NO6S/c1-22(20,21)9-6-7-10(12(8-9)15(18)19)14(17)11-4-2-3-5-13(11)16/h6-8H,2-3,5H2,1H3. The smallest absolute Gasteiger partial charge is 0.281 e. The fourth-order valence-corrected chi connectivity index (χ4v) is 2.75. The van der Waals surface area contributed by atoms with Crippen molar-refractivity contribution in [2.45, 2.75) is 24.2 Å². The third-order valence-electron chi connectivity index (χ3n) is 3.23. The molecule has 1 aromatic carbocycles. The topological polar surface area (TPSA) is 111 Å². The molecule has 0 aliphatic heterocycles. The quantitative estimate of drug-likeness (QED) is 0.361. The first-order chi connectivity index (χ1) is 10.2. The van der Waals surface area contributed by atoms with E-state index in [0.717, 1.165) is 24.5 Å². The van der Waals surface area contributed by atoms with Gasteiger partial charge in [0.05, 0.1) is 15.4 Å². The minimum atomic E-state index is -3.64. The molecule has 115 valence electrons. The Balaban J connectivity index is 2.56. The van der Waals surface area contributed by atoms with Crippen LogP contribution >= 0.6 is 0 Å². The highest BCUT2D eigenvalue weighted by atomic mass is 32.2. The molecule has 0 saturated carbocycles. The molecular weight excluding hydrogens is 310 g/mol. The normalized spacial score (nSPS) is 15.3. The molecule has 1 aliphatic carbocycles. The second kappa shape index (κ2) is 5.80. The summed E-state index contributed by atoms with van der Waals surface area (Å²) in [7, 11) is -3.64. The van der Waals surface area contributed by atoms with Crippen LogP contribution in [0.25, 0.3) is 0 Å². The lowest BCUT2D eigenvalue weighted by atomic mass is 9.91. The monoisotopic (exact) mass is 322 g/mol. The van der Waals surface area contributed by atoms with Gasteiger partial charge in [-0.2, -0.15) is 0 Å². The minimum absolute atomic E-state index is 0.193. The van der Waals surface area contributed by atoms with E-state index in [4.69, 9.17) is 0 Å². The lowest BCUT2D eigenvalue weighted by Crippen LogP contribution is -2.17. The molecular formula is C14H12NO6S. The second-order valence-electron chi connectivity index (χ2n) is 4.87. The van der Waals surface area contributed by atoms with Crippen LogP contribution in [0, 0.1) is 16.2 Å². The number of nitrogens with zero attached hydrogens (tertiary/aromatic N) is 1.